The van der Waals surface area contributed by atoms with Crippen molar-refractivity contribution < 1.29 is 0 Å². The lowest BCUT2D eigenvalue weighted by Crippen LogP contribution is -2.34. The average molecular weight is 198 g/mol. The fraction of sp³-hybridized carbons (Fsp3) is 0.833. The van der Waals surface area contributed by atoms with Crippen molar-refractivity contribution in [3.8, 4) is 0 Å². The van der Waals surface area contributed by atoms with Gasteiger partial charge in [-0.05, 0) is 31.7 Å². The predicted molar refractivity (Wildman–Crippen MR) is 63.8 cm³/mol. The molecule has 1 rings (SSSR count). The largest absolute Gasteiger partial charge is 0.402 e. The normalized spacial score (nSPS) is 30.7. The summed E-state index contributed by atoms with van der Waals surface area (Å²) >= 11 is 0. The Kier molecular flexibility index (Phi) is 5.86. The Morgan fingerprint density at radius 1 is 1.50 bits per heavy atom. The number of hydrogen-bond donors (Lipinski definition) is 2. The van der Waals surface area contributed by atoms with E-state index < -0.39 is 0 Å². The van der Waals surface area contributed by atoms with Crippen molar-refractivity contribution in [3.63, 3.8) is 0 Å². The van der Waals surface area contributed by atoms with Crippen molar-refractivity contribution in [1.29, 1.82) is 0 Å². The molecule has 2 nitrogen and oxygen atoms in total. The Hall–Kier alpha value is -0.500. The molecule has 0 aliphatic heterocycles. The smallest absolute Gasteiger partial charge is 0.0130 e. The molecule has 2 atom stereocenters. The maximum absolute atomic E-state index is 5.86. The van der Waals surface area contributed by atoms with Crippen LogP contribution in [0.4, 0.5) is 0 Å². The van der Waals surface area contributed by atoms with Crippen LogP contribution in [0.25, 0.3) is 0 Å². The van der Waals surface area contributed by atoms with E-state index in [1.165, 1.54) is 19.3 Å². The van der Waals surface area contributed by atoms with Crippen molar-refractivity contribution in [3.05, 3.63) is 12.3 Å². The minimum Gasteiger partial charge on any atom is -0.402 e. The van der Waals surface area contributed by atoms with Crippen LogP contribution in [0.3, 0.4) is 0 Å². The van der Waals surface area contributed by atoms with E-state index in [4.69, 9.17) is 11.5 Å². The molecule has 84 valence electrons. The molecule has 2 unspecified atom stereocenters. The van der Waals surface area contributed by atoms with Gasteiger partial charge in [0.25, 0.3) is 0 Å². The summed E-state index contributed by atoms with van der Waals surface area (Å²) < 4.78 is 0. The molecule has 2 heteroatoms. The fourth-order valence-corrected chi connectivity index (χ4v) is 2.60. The highest BCUT2D eigenvalue weighted by molar-refractivity contribution is 5.11. The summed E-state index contributed by atoms with van der Waals surface area (Å²) in [5, 5.41) is 0. The average Bonchev–Trinajstić information content (AvgIpc) is 2.64. The molecule has 0 aromatic carbocycles. The molecular weight excluding hydrogens is 172 g/mol. The minimum absolute atomic E-state index is 0.161. The van der Waals surface area contributed by atoms with E-state index in [9.17, 15) is 0 Å². The van der Waals surface area contributed by atoms with Crippen molar-refractivity contribution >= 4 is 0 Å². The van der Waals surface area contributed by atoms with Gasteiger partial charge in [0, 0.05) is 11.1 Å². The van der Waals surface area contributed by atoms with Crippen LogP contribution in [0.5, 0.6) is 0 Å². The third-order valence-corrected chi connectivity index (χ3v) is 3.51. The first kappa shape index (κ1) is 13.5. The summed E-state index contributed by atoms with van der Waals surface area (Å²) in [6, 6.07) is 0. The van der Waals surface area contributed by atoms with E-state index in [1.807, 2.05) is 13.8 Å². The first-order valence-electron chi connectivity index (χ1n) is 5.82. The van der Waals surface area contributed by atoms with E-state index in [1.54, 1.807) is 0 Å². The van der Waals surface area contributed by atoms with Crippen LogP contribution in [-0.2, 0) is 0 Å². The third-order valence-electron chi connectivity index (χ3n) is 3.51. The molecule has 1 aliphatic rings. The van der Waals surface area contributed by atoms with Gasteiger partial charge < -0.3 is 11.5 Å². The summed E-state index contributed by atoms with van der Waals surface area (Å²) in [6.45, 7) is 10.8. The van der Waals surface area contributed by atoms with Crippen molar-refractivity contribution in [2.75, 3.05) is 6.54 Å². The quantitative estimate of drug-likeness (QED) is 0.732. The summed E-state index contributed by atoms with van der Waals surface area (Å²) in [5.74, 6) is 0.569. The molecular formula is C12H26N2. The first-order valence-corrected chi connectivity index (χ1v) is 5.82. The van der Waals surface area contributed by atoms with Crippen LogP contribution in [0.1, 0.15) is 46.5 Å². The first-order chi connectivity index (χ1) is 6.67. The Morgan fingerprint density at radius 3 is 2.36 bits per heavy atom. The maximum atomic E-state index is 5.86. The highest BCUT2D eigenvalue weighted by atomic mass is 14.7. The fourth-order valence-electron chi connectivity index (χ4n) is 2.60. The van der Waals surface area contributed by atoms with Crippen LogP contribution in [0.2, 0.25) is 0 Å². The number of hydrogen-bond acceptors (Lipinski definition) is 2. The van der Waals surface area contributed by atoms with Crippen LogP contribution in [0.15, 0.2) is 12.3 Å². The Labute approximate surface area is 88.7 Å². The molecule has 0 spiro atoms. The van der Waals surface area contributed by atoms with Crippen LogP contribution in [-0.4, -0.2) is 6.54 Å². The summed E-state index contributed by atoms with van der Waals surface area (Å²) in [6.07, 6.45) is 4.75. The van der Waals surface area contributed by atoms with Gasteiger partial charge in [0.15, 0.2) is 0 Å². The molecule has 0 saturated heterocycles. The van der Waals surface area contributed by atoms with Gasteiger partial charge in [0.05, 0.1) is 0 Å². The lowest BCUT2D eigenvalue weighted by Gasteiger charge is -2.34. The molecule has 0 aromatic heterocycles. The monoisotopic (exact) mass is 198 g/mol. The second kappa shape index (κ2) is 6.07. The Morgan fingerprint density at radius 2 is 2.07 bits per heavy atom. The highest BCUT2D eigenvalue weighted by Gasteiger charge is 2.41. The third kappa shape index (κ3) is 2.30. The van der Waals surface area contributed by atoms with Gasteiger partial charge in [-0.15, -0.1) is 0 Å². The van der Waals surface area contributed by atoms with Gasteiger partial charge in [-0.2, -0.15) is 0 Å². The molecule has 0 bridgehead atoms. The molecule has 0 radical (unpaired) electrons. The second-order valence-corrected chi connectivity index (χ2v) is 3.86. The molecule has 0 amide bonds. The molecule has 1 fully saturated rings. The van der Waals surface area contributed by atoms with E-state index in [-0.39, 0.29) is 5.41 Å². The maximum Gasteiger partial charge on any atom is 0.0130 e. The van der Waals surface area contributed by atoms with E-state index in [2.05, 4.69) is 13.5 Å². The van der Waals surface area contributed by atoms with Gasteiger partial charge in [0.1, 0.15) is 0 Å². The number of nitrogens with two attached hydrogens (primary N) is 2. The topological polar surface area (TPSA) is 52.0 Å². The van der Waals surface area contributed by atoms with Gasteiger partial charge in [-0.3, -0.25) is 0 Å². The van der Waals surface area contributed by atoms with Crippen molar-refractivity contribution in [2.24, 2.45) is 22.8 Å². The SMILES string of the molecule is C=C(N)C1(CC)CCCC1CN.CC. The van der Waals surface area contributed by atoms with Crippen LogP contribution >= 0.6 is 0 Å². The molecule has 4 N–H and O–H groups in total. The second-order valence-electron chi connectivity index (χ2n) is 3.86. The Balaban J connectivity index is 0.000000791. The van der Waals surface area contributed by atoms with Gasteiger partial charge in [-0.1, -0.05) is 33.8 Å². The van der Waals surface area contributed by atoms with E-state index in [0.717, 1.165) is 18.7 Å². The molecule has 14 heavy (non-hydrogen) atoms. The van der Waals surface area contributed by atoms with Gasteiger partial charge in [0.2, 0.25) is 0 Å². The molecule has 0 aromatic rings. The zero-order chi connectivity index (χ0) is 11.2. The van der Waals surface area contributed by atoms with Gasteiger partial charge >= 0.3 is 0 Å². The number of rotatable bonds is 3. The summed E-state index contributed by atoms with van der Waals surface area (Å²) in [4.78, 5) is 0. The zero-order valence-corrected chi connectivity index (χ0v) is 9.97. The lowest BCUT2D eigenvalue weighted by atomic mass is 9.73. The highest BCUT2D eigenvalue weighted by Crippen LogP contribution is 2.48. The molecule has 0 heterocycles. The van der Waals surface area contributed by atoms with Crippen molar-refractivity contribution in [1.82, 2.24) is 0 Å². The number of allylic oxidation sites excluding steroid dienone is 1. The summed E-state index contributed by atoms with van der Waals surface area (Å²) in [7, 11) is 0. The minimum atomic E-state index is 0.161. The van der Waals surface area contributed by atoms with E-state index >= 15 is 0 Å². The van der Waals surface area contributed by atoms with Crippen LogP contribution in [0, 0.1) is 11.3 Å². The molecule has 1 aliphatic carbocycles. The zero-order valence-electron chi connectivity index (χ0n) is 9.97. The van der Waals surface area contributed by atoms with Crippen molar-refractivity contribution in [2.45, 2.75) is 46.5 Å². The Bertz CT molecular complexity index is 177. The van der Waals surface area contributed by atoms with E-state index in [0.29, 0.717) is 5.92 Å². The molecule has 1 saturated carbocycles. The van der Waals surface area contributed by atoms with Gasteiger partial charge in [-0.25, -0.2) is 0 Å². The van der Waals surface area contributed by atoms with Crippen LogP contribution < -0.4 is 11.5 Å². The lowest BCUT2D eigenvalue weighted by molar-refractivity contribution is 0.248. The standard InChI is InChI=1S/C10H20N2.C2H6/c1-3-10(8(2)12)6-4-5-9(10)7-11;1-2/h9H,2-7,11-12H2,1H3;1-2H3. The predicted octanol–water partition coefficient (Wildman–Crippen LogP) is 2.64. The summed E-state index contributed by atoms with van der Waals surface area (Å²) in [5.41, 5.74) is 12.6.